The molecule has 3 fully saturated rings. The predicted molar refractivity (Wildman–Crippen MR) is 402 cm³/mol. The maximum atomic E-state index is 13.5. The van der Waals surface area contributed by atoms with Crippen molar-refractivity contribution in [2.24, 2.45) is 0 Å². The van der Waals surface area contributed by atoms with E-state index in [2.05, 4.69) is 67.8 Å². The summed E-state index contributed by atoms with van der Waals surface area (Å²) >= 11 is 0. The average Bonchev–Trinajstić information content (AvgIpc) is 0.782. The zero-order valence-corrected chi connectivity index (χ0v) is 63.4. The third-order valence-corrected chi connectivity index (χ3v) is 20.7. The van der Waals surface area contributed by atoms with Crippen molar-refractivity contribution in [2.45, 2.75) is 439 Å². The normalized spacial score (nSPS) is 26.5. The number of hydrogen-bond acceptors (Lipinski definition) is 18. The van der Waals surface area contributed by atoms with Crippen molar-refractivity contribution in [2.75, 3.05) is 26.4 Å². The number of rotatable bonds is 66. The molecule has 0 radical (unpaired) electrons. The van der Waals surface area contributed by atoms with Gasteiger partial charge in [-0.05, 0) is 51.4 Å². The van der Waals surface area contributed by atoms with Gasteiger partial charge < -0.3 is 89.9 Å². The smallest absolute Gasteiger partial charge is 0.220 e. The molecular formula is C82H151NO18. The summed E-state index contributed by atoms with van der Waals surface area (Å²) in [6.07, 6.45) is 52.0. The minimum absolute atomic E-state index is 0.240. The van der Waals surface area contributed by atoms with E-state index in [1.807, 2.05) is 0 Å². The number of ether oxygens (including phenoxy) is 6. The van der Waals surface area contributed by atoms with E-state index in [1.165, 1.54) is 231 Å². The van der Waals surface area contributed by atoms with Gasteiger partial charge in [0.25, 0.3) is 0 Å². The van der Waals surface area contributed by atoms with Crippen molar-refractivity contribution in [1.82, 2.24) is 5.32 Å². The van der Waals surface area contributed by atoms with Crippen LogP contribution in [-0.2, 0) is 33.2 Å². The summed E-state index contributed by atoms with van der Waals surface area (Å²) in [5.41, 5.74) is 0. The van der Waals surface area contributed by atoms with Crippen molar-refractivity contribution in [3.8, 4) is 0 Å². The second-order valence-corrected chi connectivity index (χ2v) is 29.6. The minimum atomic E-state index is -1.97. The molecule has 19 nitrogen and oxygen atoms in total. The SMILES string of the molecule is CC/C=C\C/C=C\C/C=C\C/C=C\CCCCCCCCCCCCCCCCC(=O)NC(COC1OC(CO)C(OC2OC(CO)C(OC3OC(CO)C(O)C(O)C3O)C(O)C2O)C(O)C1O)C(O)CCCCCCCCCCCCCCCCCCCCCCCCCCCCCCC. The molecule has 3 heterocycles. The van der Waals surface area contributed by atoms with Crippen molar-refractivity contribution < 1.29 is 89.4 Å². The van der Waals surface area contributed by atoms with Gasteiger partial charge >= 0.3 is 0 Å². The largest absolute Gasteiger partial charge is 0.394 e. The van der Waals surface area contributed by atoms with E-state index in [9.17, 15) is 61.0 Å². The van der Waals surface area contributed by atoms with Crippen LogP contribution in [0.15, 0.2) is 48.6 Å². The molecule has 0 aliphatic carbocycles. The highest BCUT2D eigenvalue weighted by Crippen LogP contribution is 2.33. The highest BCUT2D eigenvalue weighted by molar-refractivity contribution is 5.76. The molecule has 12 N–H and O–H groups in total. The number of nitrogens with one attached hydrogen (secondary N) is 1. The molecule has 0 aromatic rings. The zero-order valence-electron chi connectivity index (χ0n) is 63.4. The number of aliphatic hydroxyl groups excluding tert-OH is 11. The highest BCUT2D eigenvalue weighted by atomic mass is 16.8. The van der Waals surface area contributed by atoms with E-state index in [4.69, 9.17) is 28.4 Å². The average molecular weight is 1440 g/mol. The summed E-state index contributed by atoms with van der Waals surface area (Å²) < 4.78 is 34.6. The summed E-state index contributed by atoms with van der Waals surface area (Å²) in [6, 6.07) is -0.891. The van der Waals surface area contributed by atoms with Gasteiger partial charge in [0.05, 0.1) is 38.6 Å². The third kappa shape index (κ3) is 42.8. The van der Waals surface area contributed by atoms with Crippen molar-refractivity contribution in [3.63, 3.8) is 0 Å². The van der Waals surface area contributed by atoms with Gasteiger partial charge in [0, 0.05) is 6.42 Å². The molecule has 1 amide bonds. The van der Waals surface area contributed by atoms with Crippen molar-refractivity contribution in [3.05, 3.63) is 48.6 Å². The zero-order chi connectivity index (χ0) is 73.2. The Labute approximate surface area is 612 Å². The number of allylic oxidation sites excluding steroid dienone is 8. The van der Waals surface area contributed by atoms with Gasteiger partial charge in [0.15, 0.2) is 18.9 Å². The van der Waals surface area contributed by atoms with Crippen LogP contribution in [0.25, 0.3) is 0 Å². The molecule has 101 heavy (non-hydrogen) atoms. The van der Waals surface area contributed by atoms with E-state index in [0.717, 1.165) is 70.6 Å². The molecule has 3 rings (SSSR count). The summed E-state index contributed by atoms with van der Waals surface area (Å²) in [6.45, 7) is 1.74. The van der Waals surface area contributed by atoms with Gasteiger partial charge in [0.2, 0.25) is 5.91 Å². The number of aliphatic hydroxyl groups is 11. The molecule has 17 atom stereocenters. The van der Waals surface area contributed by atoms with Crippen LogP contribution in [0.3, 0.4) is 0 Å². The Morgan fingerprint density at radius 1 is 0.366 bits per heavy atom. The van der Waals surface area contributed by atoms with E-state index >= 15 is 0 Å². The van der Waals surface area contributed by atoms with E-state index < -0.39 is 124 Å². The summed E-state index contributed by atoms with van der Waals surface area (Å²) in [5.74, 6) is -0.240. The standard InChI is InChI=1S/C82H151NO18/c1-3-5-7-9-11-13-15-17-19-21-23-25-27-29-31-32-34-35-37-39-41-43-45-47-49-51-53-55-57-59-66(87)65(83-70(88)60-58-56-54-52-50-48-46-44-42-40-38-36-33-30-28-26-24-22-20-18-16-14-12-10-8-6-4-2)64-96-80-76(94)73(91)78(68(62-85)98-80)101-82-77(95)74(92)79(69(63-86)99-82)100-81-75(93)72(90)71(89)67(61-84)97-81/h6,8,12,14,18,20,24,26,65-69,71-82,84-87,89-95H,3-5,7,9-11,13,15-17,19,21-23,25,27-64H2,1-2H3,(H,83,88)/b8-6-,14-12-,20-18-,26-24-. The first kappa shape index (κ1) is 93.0. The maximum Gasteiger partial charge on any atom is 0.220 e. The fraction of sp³-hybridized carbons (Fsp3) is 0.890. The first-order valence-corrected chi connectivity index (χ1v) is 41.4. The number of carbonyl (C=O) groups excluding carboxylic acids is 1. The summed E-state index contributed by atoms with van der Waals surface area (Å²) in [5, 5.41) is 121. The molecule has 3 aliphatic heterocycles. The van der Waals surface area contributed by atoms with E-state index in [0.29, 0.717) is 12.8 Å². The van der Waals surface area contributed by atoms with E-state index in [-0.39, 0.29) is 18.9 Å². The van der Waals surface area contributed by atoms with Crippen LogP contribution in [0, 0.1) is 0 Å². The topological polar surface area (TPSA) is 307 Å². The van der Waals surface area contributed by atoms with Crippen LogP contribution >= 0.6 is 0 Å². The monoisotopic (exact) mass is 1440 g/mol. The molecule has 0 saturated carbocycles. The molecule has 3 aliphatic rings. The summed E-state index contributed by atoms with van der Waals surface area (Å²) in [4.78, 5) is 13.5. The van der Waals surface area contributed by atoms with Crippen LogP contribution in [0.2, 0.25) is 0 Å². The van der Waals surface area contributed by atoms with Gasteiger partial charge in [-0.25, -0.2) is 0 Å². The van der Waals surface area contributed by atoms with Crippen molar-refractivity contribution in [1.29, 1.82) is 0 Å². The second kappa shape index (κ2) is 62.8. The molecule has 592 valence electrons. The molecule has 0 aromatic carbocycles. The predicted octanol–water partition coefficient (Wildman–Crippen LogP) is 14.1. The Balaban J connectivity index is 1.36. The van der Waals surface area contributed by atoms with Gasteiger partial charge in [-0.3, -0.25) is 4.79 Å². The number of carbonyl (C=O) groups is 1. The van der Waals surface area contributed by atoms with Crippen LogP contribution < -0.4 is 5.32 Å². The van der Waals surface area contributed by atoms with E-state index in [1.54, 1.807) is 0 Å². The Hall–Kier alpha value is -2.25. The number of unbranched alkanes of at least 4 members (excludes halogenated alkanes) is 42. The lowest BCUT2D eigenvalue weighted by molar-refractivity contribution is -0.379. The Morgan fingerprint density at radius 3 is 1.07 bits per heavy atom. The van der Waals surface area contributed by atoms with Crippen LogP contribution in [0.5, 0.6) is 0 Å². The molecule has 0 spiro atoms. The number of hydrogen-bond donors (Lipinski definition) is 12. The molecular weight excluding hydrogens is 1290 g/mol. The quantitative estimate of drug-likeness (QED) is 0.0199. The molecule has 0 aromatic heterocycles. The Bertz CT molecular complexity index is 2010. The molecule has 0 bridgehead atoms. The van der Waals surface area contributed by atoms with Crippen LogP contribution in [0.1, 0.15) is 335 Å². The lowest BCUT2D eigenvalue weighted by atomic mass is 9.96. The Morgan fingerprint density at radius 2 is 0.683 bits per heavy atom. The van der Waals surface area contributed by atoms with Gasteiger partial charge in [-0.2, -0.15) is 0 Å². The summed E-state index contributed by atoms with van der Waals surface area (Å²) in [7, 11) is 0. The molecule has 3 saturated heterocycles. The number of amides is 1. The highest BCUT2D eigenvalue weighted by Gasteiger charge is 2.54. The first-order chi connectivity index (χ1) is 49.3. The van der Waals surface area contributed by atoms with Gasteiger partial charge in [-0.1, -0.05) is 326 Å². The van der Waals surface area contributed by atoms with Crippen molar-refractivity contribution >= 4 is 5.91 Å². The first-order valence-electron chi connectivity index (χ1n) is 41.4. The van der Waals surface area contributed by atoms with Crippen LogP contribution in [-0.4, -0.2) is 193 Å². The fourth-order valence-electron chi connectivity index (χ4n) is 14.1. The Kier molecular flexibility index (Phi) is 57.8. The third-order valence-electron chi connectivity index (χ3n) is 20.7. The second-order valence-electron chi connectivity index (χ2n) is 29.6. The minimum Gasteiger partial charge on any atom is -0.394 e. The van der Waals surface area contributed by atoms with Gasteiger partial charge in [0.1, 0.15) is 73.2 Å². The van der Waals surface area contributed by atoms with Gasteiger partial charge in [-0.15, -0.1) is 0 Å². The maximum absolute atomic E-state index is 13.5. The fourth-order valence-corrected chi connectivity index (χ4v) is 14.1. The van der Waals surface area contributed by atoms with Crippen LogP contribution in [0.4, 0.5) is 0 Å². The lowest BCUT2D eigenvalue weighted by Crippen LogP contribution is -2.66. The lowest BCUT2D eigenvalue weighted by Gasteiger charge is -2.48. The molecule has 17 unspecified atom stereocenters. The molecule has 19 heteroatoms.